The summed E-state index contributed by atoms with van der Waals surface area (Å²) in [6.45, 7) is -0.245. The third-order valence-electron chi connectivity index (χ3n) is 4.52. The number of aromatic nitrogens is 3. The van der Waals surface area contributed by atoms with Gasteiger partial charge in [0.1, 0.15) is 24.3 Å². The third kappa shape index (κ3) is 4.15. The zero-order valence-corrected chi connectivity index (χ0v) is 16.7. The number of rotatable bonds is 3. The first-order chi connectivity index (χ1) is 14.8. The highest BCUT2D eigenvalue weighted by Crippen LogP contribution is 2.29. The van der Waals surface area contributed by atoms with Crippen molar-refractivity contribution in [3.05, 3.63) is 65.2 Å². The minimum absolute atomic E-state index is 0.0777. The van der Waals surface area contributed by atoms with Crippen LogP contribution in [0.5, 0.6) is 5.75 Å². The van der Waals surface area contributed by atoms with Gasteiger partial charge in [0, 0.05) is 18.7 Å². The van der Waals surface area contributed by atoms with Gasteiger partial charge in [-0.1, -0.05) is 11.6 Å². The molecule has 0 bridgehead atoms. The van der Waals surface area contributed by atoms with Gasteiger partial charge in [-0.3, -0.25) is 14.5 Å². The predicted molar refractivity (Wildman–Crippen MR) is 107 cm³/mol. The van der Waals surface area contributed by atoms with E-state index in [0.29, 0.717) is 5.56 Å². The molecule has 11 heteroatoms. The van der Waals surface area contributed by atoms with Crippen LogP contribution >= 0.6 is 11.6 Å². The van der Waals surface area contributed by atoms with Crippen molar-refractivity contribution >= 4 is 29.2 Å². The van der Waals surface area contributed by atoms with Crippen molar-refractivity contribution < 1.29 is 23.1 Å². The summed E-state index contributed by atoms with van der Waals surface area (Å²) in [6, 6.07) is 5.41. The first-order valence-corrected chi connectivity index (χ1v) is 9.36. The average Bonchev–Trinajstić information content (AvgIpc) is 2.86. The summed E-state index contributed by atoms with van der Waals surface area (Å²) in [6.07, 6.45) is 2.20. The van der Waals surface area contributed by atoms with Crippen LogP contribution in [0.15, 0.2) is 42.7 Å². The van der Waals surface area contributed by atoms with Crippen LogP contribution in [0.2, 0.25) is 5.02 Å². The van der Waals surface area contributed by atoms with E-state index in [1.54, 1.807) is 0 Å². The van der Waals surface area contributed by atoms with E-state index in [1.165, 1.54) is 42.4 Å². The molecule has 31 heavy (non-hydrogen) atoms. The molecule has 4 rings (SSSR count). The van der Waals surface area contributed by atoms with E-state index in [0.717, 1.165) is 12.3 Å². The van der Waals surface area contributed by atoms with Gasteiger partial charge in [0.2, 0.25) is 5.82 Å². The molecule has 0 spiro atoms. The van der Waals surface area contributed by atoms with Gasteiger partial charge in [0.05, 0.1) is 23.1 Å². The standard InChI is InChI=1S/C20H14ClF2N5O3/c1-28-18-15(6-12(23)7-25-18)31-9-14(20(28)30)26-19(29)17-24-8-13(21)16(27-17)10-2-4-11(22)5-3-10/h2-8,14H,9H2,1H3,(H,26,29). The lowest BCUT2D eigenvalue weighted by Crippen LogP contribution is -2.49. The van der Waals surface area contributed by atoms with Crippen LogP contribution in [0, 0.1) is 11.6 Å². The van der Waals surface area contributed by atoms with E-state index in [2.05, 4.69) is 20.3 Å². The molecule has 158 valence electrons. The largest absolute Gasteiger partial charge is 0.487 e. The lowest BCUT2D eigenvalue weighted by molar-refractivity contribution is -0.120. The van der Waals surface area contributed by atoms with Gasteiger partial charge in [-0.2, -0.15) is 0 Å². The molecule has 2 aromatic heterocycles. The van der Waals surface area contributed by atoms with E-state index in [9.17, 15) is 18.4 Å². The van der Waals surface area contributed by atoms with Gasteiger partial charge in [-0.25, -0.2) is 23.7 Å². The molecular formula is C20H14ClF2N5O3. The third-order valence-corrected chi connectivity index (χ3v) is 4.80. The summed E-state index contributed by atoms with van der Waals surface area (Å²) in [5.74, 6) is -2.36. The second kappa shape index (κ2) is 8.23. The Kier molecular flexibility index (Phi) is 5.47. The Bertz CT molecular complexity index is 1180. The number of likely N-dealkylation sites (N-methyl/N-ethyl adjacent to an activating group) is 1. The van der Waals surface area contributed by atoms with Crippen molar-refractivity contribution in [2.45, 2.75) is 6.04 Å². The maximum absolute atomic E-state index is 13.4. The first-order valence-electron chi connectivity index (χ1n) is 8.98. The zero-order valence-electron chi connectivity index (χ0n) is 16.0. The van der Waals surface area contributed by atoms with E-state index >= 15 is 0 Å². The lowest BCUT2D eigenvalue weighted by Gasteiger charge is -2.19. The summed E-state index contributed by atoms with van der Waals surface area (Å²) in [5, 5.41) is 2.67. The molecule has 0 fully saturated rings. The SMILES string of the molecule is CN1C(=O)C(NC(=O)c2ncc(Cl)c(-c3ccc(F)cc3)n2)COc2cc(F)cnc21. The van der Waals surface area contributed by atoms with Crippen molar-refractivity contribution in [3.8, 4) is 17.0 Å². The highest BCUT2D eigenvalue weighted by molar-refractivity contribution is 6.32. The Morgan fingerprint density at radius 3 is 2.68 bits per heavy atom. The molecule has 1 atom stereocenters. The van der Waals surface area contributed by atoms with Crippen LogP contribution in [-0.2, 0) is 4.79 Å². The van der Waals surface area contributed by atoms with Crippen LogP contribution in [-0.4, -0.2) is 46.5 Å². The molecular weight excluding hydrogens is 432 g/mol. The molecule has 0 radical (unpaired) electrons. The Balaban J connectivity index is 1.56. The Hall–Kier alpha value is -3.66. The number of ether oxygens (including phenoxy) is 1. The quantitative estimate of drug-likeness (QED) is 0.665. The molecule has 2 amide bonds. The number of amides is 2. The fourth-order valence-electron chi connectivity index (χ4n) is 2.97. The second-order valence-corrected chi connectivity index (χ2v) is 7.01. The van der Waals surface area contributed by atoms with Crippen LogP contribution in [0.4, 0.5) is 14.6 Å². The maximum Gasteiger partial charge on any atom is 0.289 e. The fraction of sp³-hybridized carbons (Fsp3) is 0.150. The molecule has 1 aliphatic rings. The lowest BCUT2D eigenvalue weighted by atomic mass is 10.1. The highest BCUT2D eigenvalue weighted by atomic mass is 35.5. The second-order valence-electron chi connectivity index (χ2n) is 6.61. The molecule has 1 unspecified atom stereocenters. The van der Waals surface area contributed by atoms with Crippen LogP contribution in [0.25, 0.3) is 11.3 Å². The van der Waals surface area contributed by atoms with Gasteiger partial charge in [-0.15, -0.1) is 0 Å². The number of carbonyl (C=O) groups is 2. The molecule has 3 aromatic rings. The summed E-state index contributed by atoms with van der Waals surface area (Å²) in [5.41, 5.74) is 0.717. The average molecular weight is 446 g/mol. The molecule has 0 saturated carbocycles. The summed E-state index contributed by atoms with van der Waals surface area (Å²) < 4.78 is 32.1. The molecule has 1 N–H and O–H groups in total. The number of fused-ring (bicyclic) bond motifs is 1. The minimum atomic E-state index is -1.09. The Labute approximate surface area is 179 Å². The van der Waals surface area contributed by atoms with E-state index in [-0.39, 0.29) is 34.7 Å². The summed E-state index contributed by atoms with van der Waals surface area (Å²) in [7, 11) is 1.44. The van der Waals surface area contributed by atoms with Gasteiger partial charge in [0.25, 0.3) is 11.8 Å². The molecule has 1 aliphatic heterocycles. The number of anilines is 1. The molecule has 8 nitrogen and oxygen atoms in total. The predicted octanol–water partition coefficient (Wildman–Crippen LogP) is 2.62. The van der Waals surface area contributed by atoms with Gasteiger partial charge >= 0.3 is 0 Å². The zero-order chi connectivity index (χ0) is 22.1. The molecule has 1 aromatic carbocycles. The molecule has 3 heterocycles. The monoisotopic (exact) mass is 445 g/mol. The van der Waals surface area contributed by atoms with Crippen molar-refractivity contribution in [3.63, 3.8) is 0 Å². The number of halogens is 3. The van der Waals surface area contributed by atoms with Crippen molar-refractivity contribution in [2.24, 2.45) is 0 Å². The number of nitrogens with one attached hydrogen (secondary N) is 1. The van der Waals surface area contributed by atoms with Crippen molar-refractivity contribution in [1.82, 2.24) is 20.3 Å². The van der Waals surface area contributed by atoms with Crippen molar-refractivity contribution in [2.75, 3.05) is 18.6 Å². The molecule has 0 aliphatic carbocycles. The minimum Gasteiger partial charge on any atom is -0.487 e. The van der Waals surface area contributed by atoms with Gasteiger partial charge in [0.15, 0.2) is 11.6 Å². The van der Waals surface area contributed by atoms with E-state index < -0.39 is 29.5 Å². The van der Waals surface area contributed by atoms with Crippen LogP contribution < -0.4 is 15.0 Å². The maximum atomic E-state index is 13.4. The highest BCUT2D eigenvalue weighted by Gasteiger charge is 2.32. The fourth-order valence-corrected chi connectivity index (χ4v) is 3.17. The summed E-state index contributed by atoms with van der Waals surface area (Å²) in [4.78, 5) is 38.5. The number of nitrogens with zero attached hydrogens (tertiary/aromatic N) is 4. The smallest absolute Gasteiger partial charge is 0.289 e. The van der Waals surface area contributed by atoms with E-state index in [4.69, 9.17) is 16.3 Å². The van der Waals surface area contributed by atoms with Crippen LogP contribution in [0.3, 0.4) is 0 Å². The number of carbonyl (C=O) groups excluding carboxylic acids is 2. The summed E-state index contributed by atoms with van der Waals surface area (Å²) >= 11 is 6.13. The molecule has 0 saturated heterocycles. The normalized spacial score (nSPS) is 15.7. The number of pyridine rings is 1. The van der Waals surface area contributed by atoms with Crippen molar-refractivity contribution in [1.29, 1.82) is 0 Å². The van der Waals surface area contributed by atoms with Gasteiger partial charge < -0.3 is 10.1 Å². The number of benzene rings is 1. The Morgan fingerprint density at radius 2 is 1.94 bits per heavy atom. The van der Waals surface area contributed by atoms with Crippen LogP contribution in [0.1, 0.15) is 10.6 Å². The van der Waals surface area contributed by atoms with E-state index in [1.807, 2.05) is 0 Å². The number of hydrogen-bond acceptors (Lipinski definition) is 6. The first kappa shape index (κ1) is 20.6. The topological polar surface area (TPSA) is 97.3 Å². The number of hydrogen-bond donors (Lipinski definition) is 1. The Morgan fingerprint density at radius 1 is 1.19 bits per heavy atom. The van der Waals surface area contributed by atoms with Gasteiger partial charge in [-0.05, 0) is 24.3 Å².